The number of hydrogen-bond acceptors (Lipinski definition) is 9. The van der Waals surface area contributed by atoms with Crippen molar-refractivity contribution in [3.63, 3.8) is 0 Å². The topological polar surface area (TPSA) is 112 Å². The van der Waals surface area contributed by atoms with E-state index in [2.05, 4.69) is 22.4 Å². The van der Waals surface area contributed by atoms with Crippen molar-refractivity contribution in [3.8, 4) is 11.4 Å². The number of ether oxygens (including phenoxy) is 1. The second-order valence-electron chi connectivity index (χ2n) is 7.86. The van der Waals surface area contributed by atoms with Gasteiger partial charge in [-0.25, -0.2) is 4.98 Å². The standard InChI is InChI=1S/C23H25N5O4S2/c1-6-16-13(4)18-20(34-16)25-23(28(21(18)30)14-8-7-9-15(10-14)31-5)33-11-17(29)24-22-27-26-19(32-22)12(2)3/h7-10,12H,6,11H2,1-5H3,(H,24,27,29). The van der Waals surface area contributed by atoms with Crippen LogP contribution in [0.5, 0.6) is 5.75 Å². The van der Waals surface area contributed by atoms with Crippen molar-refractivity contribution in [1.82, 2.24) is 19.7 Å². The van der Waals surface area contributed by atoms with Gasteiger partial charge in [0, 0.05) is 16.9 Å². The fraction of sp³-hybridized carbons (Fsp3) is 0.348. The molecule has 9 nitrogen and oxygen atoms in total. The minimum atomic E-state index is -0.341. The number of hydrogen-bond donors (Lipinski definition) is 1. The van der Waals surface area contributed by atoms with Gasteiger partial charge < -0.3 is 9.15 Å². The summed E-state index contributed by atoms with van der Waals surface area (Å²) in [5.41, 5.74) is 1.39. The summed E-state index contributed by atoms with van der Waals surface area (Å²) in [6.45, 7) is 7.85. The molecule has 11 heteroatoms. The zero-order chi connectivity index (χ0) is 24.4. The maximum atomic E-state index is 13.6. The summed E-state index contributed by atoms with van der Waals surface area (Å²) in [6.07, 6.45) is 0.818. The Labute approximate surface area is 204 Å². The van der Waals surface area contributed by atoms with Gasteiger partial charge in [-0.05, 0) is 31.0 Å². The Morgan fingerprint density at radius 2 is 2.12 bits per heavy atom. The monoisotopic (exact) mass is 499 g/mol. The molecule has 0 saturated carbocycles. The Kier molecular flexibility index (Phi) is 7.03. The number of methoxy groups -OCH3 is 1. The third kappa shape index (κ3) is 4.71. The molecule has 4 aromatic rings. The van der Waals surface area contributed by atoms with Gasteiger partial charge in [0.25, 0.3) is 5.56 Å². The molecule has 0 bridgehead atoms. The lowest BCUT2D eigenvalue weighted by atomic mass is 10.2. The lowest BCUT2D eigenvalue weighted by Crippen LogP contribution is -2.23. The minimum Gasteiger partial charge on any atom is -0.497 e. The number of rotatable bonds is 8. The molecule has 0 saturated heterocycles. The van der Waals surface area contributed by atoms with Gasteiger partial charge >= 0.3 is 6.01 Å². The molecule has 0 aliphatic carbocycles. The van der Waals surface area contributed by atoms with Crippen molar-refractivity contribution in [3.05, 3.63) is 51.0 Å². The number of thiophene rings is 1. The van der Waals surface area contributed by atoms with Crippen LogP contribution in [-0.2, 0) is 11.2 Å². The second kappa shape index (κ2) is 9.98. The molecule has 178 valence electrons. The molecule has 1 aromatic carbocycles. The maximum Gasteiger partial charge on any atom is 0.322 e. The van der Waals surface area contributed by atoms with Crippen LogP contribution in [0.25, 0.3) is 15.9 Å². The molecule has 4 rings (SSSR count). The molecule has 3 aromatic heterocycles. The highest BCUT2D eigenvalue weighted by Crippen LogP contribution is 2.31. The minimum absolute atomic E-state index is 0.00625. The summed E-state index contributed by atoms with van der Waals surface area (Å²) in [5.74, 6) is 0.787. The van der Waals surface area contributed by atoms with E-state index in [0.29, 0.717) is 32.7 Å². The third-order valence-electron chi connectivity index (χ3n) is 5.18. The number of aryl methyl sites for hydroxylation is 2. The molecule has 0 aliphatic heterocycles. The fourth-order valence-electron chi connectivity index (χ4n) is 3.43. The van der Waals surface area contributed by atoms with Crippen LogP contribution in [0.2, 0.25) is 0 Å². The summed E-state index contributed by atoms with van der Waals surface area (Å²) >= 11 is 2.67. The molecule has 0 aliphatic rings. The largest absolute Gasteiger partial charge is 0.497 e. The Hall–Kier alpha value is -3.18. The van der Waals surface area contributed by atoms with Crippen LogP contribution in [0, 0.1) is 6.92 Å². The van der Waals surface area contributed by atoms with Crippen LogP contribution in [-0.4, -0.2) is 38.5 Å². The number of nitrogens with zero attached hydrogens (tertiary/aromatic N) is 4. The molecular weight excluding hydrogens is 474 g/mol. The summed E-state index contributed by atoms with van der Waals surface area (Å²) in [7, 11) is 1.57. The number of amides is 1. The van der Waals surface area contributed by atoms with Crippen molar-refractivity contribution < 1.29 is 13.9 Å². The van der Waals surface area contributed by atoms with E-state index in [-0.39, 0.29) is 29.2 Å². The van der Waals surface area contributed by atoms with Gasteiger partial charge in [0.2, 0.25) is 11.8 Å². The highest BCUT2D eigenvalue weighted by molar-refractivity contribution is 7.99. The Morgan fingerprint density at radius 1 is 1.32 bits per heavy atom. The first-order valence-corrected chi connectivity index (χ1v) is 12.6. The third-order valence-corrected chi connectivity index (χ3v) is 7.45. The van der Waals surface area contributed by atoms with Gasteiger partial charge in [-0.3, -0.25) is 19.5 Å². The maximum absolute atomic E-state index is 13.6. The molecule has 0 fully saturated rings. The smallest absolute Gasteiger partial charge is 0.322 e. The van der Waals surface area contributed by atoms with Crippen molar-refractivity contribution in [1.29, 1.82) is 0 Å². The summed E-state index contributed by atoms with van der Waals surface area (Å²) in [5, 5.41) is 11.4. The van der Waals surface area contributed by atoms with Gasteiger partial charge in [0.15, 0.2) is 5.16 Å². The number of benzene rings is 1. The van der Waals surface area contributed by atoms with E-state index in [0.717, 1.165) is 28.6 Å². The fourth-order valence-corrected chi connectivity index (χ4v) is 5.40. The van der Waals surface area contributed by atoms with E-state index in [1.807, 2.05) is 39.0 Å². The number of anilines is 1. The van der Waals surface area contributed by atoms with E-state index in [1.54, 1.807) is 13.2 Å². The molecule has 3 heterocycles. The van der Waals surface area contributed by atoms with Gasteiger partial charge in [-0.15, -0.1) is 16.4 Å². The summed E-state index contributed by atoms with van der Waals surface area (Å²) < 4.78 is 12.3. The zero-order valence-corrected chi connectivity index (χ0v) is 21.2. The van der Waals surface area contributed by atoms with Crippen LogP contribution in [0.1, 0.15) is 43.0 Å². The number of aromatic nitrogens is 4. The molecule has 0 unspecified atom stereocenters. The Balaban J connectivity index is 1.70. The lowest BCUT2D eigenvalue weighted by Gasteiger charge is -2.13. The van der Waals surface area contributed by atoms with E-state index in [4.69, 9.17) is 14.1 Å². The van der Waals surface area contributed by atoms with Crippen LogP contribution >= 0.6 is 23.1 Å². The van der Waals surface area contributed by atoms with E-state index in [9.17, 15) is 9.59 Å². The molecule has 0 spiro atoms. The summed E-state index contributed by atoms with van der Waals surface area (Å²) in [4.78, 5) is 32.8. The Morgan fingerprint density at radius 3 is 2.79 bits per heavy atom. The van der Waals surface area contributed by atoms with Crippen molar-refractivity contribution in [2.45, 2.75) is 45.2 Å². The first-order valence-electron chi connectivity index (χ1n) is 10.8. The molecule has 34 heavy (non-hydrogen) atoms. The molecular formula is C23H25N5O4S2. The predicted octanol–water partition coefficient (Wildman–Crippen LogP) is 4.56. The highest BCUT2D eigenvalue weighted by atomic mass is 32.2. The highest BCUT2D eigenvalue weighted by Gasteiger charge is 2.20. The first-order chi connectivity index (χ1) is 16.3. The van der Waals surface area contributed by atoms with Crippen molar-refractivity contribution >= 4 is 45.2 Å². The number of carbonyl (C=O) groups excluding carboxylic acids is 1. The number of nitrogens with one attached hydrogen (secondary N) is 1. The Bertz CT molecular complexity index is 1410. The van der Waals surface area contributed by atoms with E-state index in [1.165, 1.54) is 15.9 Å². The zero-order valence-electron chi connectivity index (χ0n) is 19.5. The van der Waals surface area contributed by atoms with E-state index < -0.39 is 0 Å². The number of fused-ring (bicyclic) bond motifs is 1. The first kappa shape index (κ1) is 24.0. The van der Waals surface area contributed by atoms with Crippen LogP contribution in [0.3, 0.4) is 0 Å². The second-order valence-corrected chi connectivity index (χ2v) is 9.88. The van der Waals surface area contributed by atoms with Crippen LogP contribution < -0.4 is 15.6 Å². The van der Waals surface area contributed by atoms with Crippen molar-refractivity contribution in [2.24, 2.45) is 0 Å². The molecule has 0 radical (unpaired) electrons. The van der Waals surface area contributed by atoms with Gasteiger partial charge in [-0.2, -0.15) is 0 Å². The number of thioether (sulfide) groups is 1. The van der Waals surface area contributed by atoms with E-state index >= 15 is 0 Å². The number of carbonyl (C=O) groups is 1. The SMILES string of the molecule is CCc1sc2nc(SCC(=O)Nc3nnc(C(C)C)o3)n(-c3cccc(OC)c3)c(=O)c2c1C. The molecule has 1 amide bonds. The van der Waals surface area contributed by atoms with Crippen molar-refractivity contribution in [2.75, 3.05) is 18.2 Å². The van der Waals surface area contributed by atoms with Gasteiger partial charge in [0.1, 0.15) is 10.6 Å². The van der Waals surface area contributed by atoms with Gasteiger partial charge in [-0.1, -0.05) is 43.7 Å². The lowest BCUT2D eigenvalue weighted by molar-refractivity contribution is -0.113. The average molecular weight is 500 g/mol. The molecule has 0 atom stereocenters. The average Bonchev–Trinajstić information content (AvgIpc) is 3.42. The van der Waals surface area contributed by atoms with Crippen LogP contribution in [0.15, 0.2) is 38.6 Å². The normalized spacial score (nSPS) is 11.4. The summed E-state index contributed by atoms with van der Waals surface area (Å²) in [6, 6.07) is 7.25. The quantitative estimate of drug-likeness (QED) is 0.277. The van der Waals surface area contributed by atoms with Gasteiger partial charge in [0.05, 0.1) is 23.9 Å². The van der Waals surface area contributed by atoms with Crippen LogP contribution in [0.4, 0.5) is 6.01 Å². The molecule has 1 N–H and O–H groups in total. The predicted molar refractivity (Wildman–Crippen MR) is 134 cm³/mol.